The van der Waals surface area contributed by atoms with Crippen LogP contribution < -0.4 is 5.73 Å². The van der Waals surface area contributed by atoms with Crippen LogP contribution in [0.3, 0.4) is 0 Å². The van der Waals surface area contributed by atoms with E-state index < -0.39 is 0 Å². The summed E-state index contributed by atoms with van der Waals surface area (Å²) >= 11 is 8.08. The summed E-state index contributed by atoms with van der Waals surface area (Å²) in [5.41, 5.74) is 9.79. The molecule has 1 unspecified atom stereocenters. The normalized spacial score (nSPS) is 12.7. The van der Waals surface area contributed by atoms with Crippen molar-refractivity contribution in [2.45, 2.75) is 33.2 Å². The molecule has 1 atom stereocenters. The Morgan fingerprint density at radius 3 is 2.50 bits per heavy atom. The lowest BCUT2D eigenvalue weighted by atomic mass is 10.0. The number of hydrogen-bond acceptors (Lipinski definition) is 2. The first-order valence-corrected chi connectivity index (χ1v) is 7.33. The molecule has 18 heavy (non-hydrogen) atoms. The van der Waals surface area contributed by atoms with Crippen molar-refractivity contribution in [2.24, 2.45) is 5.73 Å². The van der Waals surface area contributed by atoms with E-state index in [1.807, 2.05) is 6.07 Å². The lowest BCUT2D eigenvalue weighted by Crippen LogP contribution is -2.11. The second-order valence-corrected chi connectivity index (χ2v) is 6.20. The maximum atomic E-state index is 6.33. The van der Waals surface area contributed by atoms with Crippen LogP contribution in [0, 0.1) is 13.8 Å². The number of rotatable bonds is 3. The maximum absolute atomic E-state index is 6.33. The predicted octanol–water partition coefficient (Wildman–Crippen LogP) is 4.63. The van der Waals surface area contributed by atoms with Gasteiger partial charge in [0.15, 0.2) is 0 Å². The van der Waals surface area contributed by atoms with E-state index in [2.05, 4.69) is 39.0 Å². The second-order valence-electron chi connectivity index (χ2n) is 4.59. The molecule has 96 valence electrons. The Kier molecular flexibility index (Phi) is 4.10. The Hall–Kier alpha value is -0.830. The van der Waals surface area contributed by atoms with E-state index in [-0.39, 0.29) is 6.04 Å². The molecule has 0 fully saturated rings. The highest BCUT2D eigenvalue weighted by Crippen LogP contribution is 2.32. The number of hydrogen-bond donors (Lipinski definition) is 1. The average molecular weight is 280 g/mol. The van der Waals surface area contributed by atoms with Crippen molar-refractivity contribution in [3.8, 4) is 0 Å². The molecule has 3 heteroatoms. The zero-order valence-electron chi connectivity index (χ0n) is 11.0. The third-order valence-corrected chi connectivity index (χ3v) is 4.93. The zero-order chi connectivity index (χ0) is 13.3. The van der Waals surface area contributed by atoms with Crippen molar-refractivity contribution in [1.29, 1.82) is 0 Å². The first kappa shape index (κ1) is 13.6. The van der Waals surface area contributed by atoms with Gasteiger partial charge in [-0.2, -0.15) is 0 Å². The topological polar surface area (TPSA) is 26.0 Å². The van der Waals surface area contributed by atoms with Gasteiger partial charge in [-0.05, 0) is 55.2 Å². The van der Waals surface area contributed by atoms with Crippen molar-refractivity contribution in [2.75, 3.05) is 0 Å². The van der Waals surface area contributed by atoms with E-state index in [1.54, 1.807) is 11.3 Å². The van der Waals surface area contributed by atoms with E-state index in [0.29, 0.717) is 0 Å². The highest BCUT2D eigenvalue weighted by atomic mass is 35.5. The molecule has 0 aliphatic heterocycles. The van der Waals surface area contributed by atoms with Crippen LogP contribution >= 0.6 is 22.9 Å². The summed E-state index contributed by atoms with van der Waals surface area (Å²) < 4.78 is 0. The van der Waals surface area contributed by atoms with Crippen LogP contribution in [0.25, 0.3) is 0 Å². The molecule has 1 nitrogen and oxygen atoms in total. The van der Waals surface area contributed by atoms with Crippen molar-refractivity contribution >= 4 is 22.9 Å². The average Bonchev–Trinajstić information content (AvgIpc) is 2.81. The van der Waals surface area contributed by atoms with Gasteiger partial charge in [0.25, 0.3) is 0 Å². The highest BCUT2D eigenvalue weighted by molar-refractivity contribution is 7.12. The third kappa shape index (κ3) is 2.61. The molecule has 1 aromatic heterocycles. The molecule has 1 aromatic carbocycles. The fourth-order valence-electron chi connectivity index (χ4n) is 1.95. The summed E-state index contributed by atoms with van der Waals surface area (Å²) in [4.78, 5) is 2.54. The second kappa shape index (κ2) is 5.43. The Labute approximate surface area is 118 Å². The van der Waals surface area contributed by atoms with Crippen LogP contribution in [-0.4, -0.2) is 0 Å². The summed E-state index contributed by atoms with van der Waals surface area (Å²) in [7, 11) is 0. The maximum Gasteiger partial charge on any atom is 0.0660 e. The number of benzene rings is 1. The van der Waals surface area contributed by atoms with Crippen LogP contribution in [0.4, 0.5) is 0 Å². The van der Waals surface area contributed by atoms with Crippen molar-refractivity contribution in [3.63, 3.8) is 0 Å². The molecule has 2 rings (SSSR count). The molecule has 0 saturated heterocycles. The molecule has 2 N–H and O–H groups in total. The fourth-order valence-corrected chi connectivity index (χ4v) is 3.26. The Balaban J connectivity index is 2.39. The Bertz CT molecular complexity index is 560. The lowest BCUT2D eigenvalue weighted by Gasteiger charge is -2.14. The van der Waals surface area contributed by atoms with Gasteiger partial charge in [-0.3, -0.25) is 0 Å². The Morgan fingerprint density at radius 1 is 1.22 bits per heavy atom. The van der Waals surface area contributed by atoms with Crippen LogP contribution in [-0.2, 0) is 6.42 Å². The fraction of sp³-hybridized carbons (Fsp3) is 0.333. The molecule has 0 aliphatic rings. The van der Waals surface area contributed by atoms with Gasteiger partial charge in [-0.25, -0.2) is 0 Å². The number of aryl methyl sites for hydroxylation is 3. The number of nitrogens with two attached hydrogens (primary N) is 1. The van der Waals surface area contributed by atoms with Crippen LogP contribution in [0.15, 0.2) is 24.3 Å². The zero-order valence-corrected chi connectivity index (χ0v) is 12.5. The molecular formula is C15H18ClNS. The first-order chi connectivity index (χ1) is 8.52. The van der Waals surface area contributed by atoms with Crippen molar-refractivity contribution in [3.05, 3.63) is 55.7 Å². The van der Waals surface area contributed by atoms with Gasteiger partial charge in [0.05, 0.1) is 6.04 Å². The van der Waals surface area contributed by atoms with E-state index >= 15 is 0 Å². The van der Waals surface area contributed by atoms with Gasteiger partial charge >= 0.3 is 0 Å². The van der Waals surface area contributed by atoms with Gasteiger partial charge in [0.1, 0.15) is 0 Å². The summed E-state index contributed by atoms with van der Waals surface area (Å²) in [5, 5.41) is 0.761. The van der Waals surface area contributed by atoms with E-state index in [9.17, 15) is 0 Å². The minimum Gasteiger partial charge on any atom is -0.320 e. The summed E-state index contributed by atoms with van der Waals surface area (Å²) in [6, 6.07) is 8.24. The quantitative estimate of drug-likeness (QED) is 0.871. The van der Waals surface area contributed by atoms with Gasteiger partial charge < -0.3 is 5.73 Å². The van der Waals surface area contributed by atoms with Crippen LogP contribution in [0.1, 0.15) is 39.4 Å². The minimum atomic E-state index is -0.123. The van der Waals surface area contributed by atoms with Gasteiger partial charge in [0.2, 0.25) is 0 Å². The largest absolute Gasteiger partial charge is 0.320 e. The molecule has 0 saturated carbocycles. The van der Waals surface area contributed by atoms with E-state index in [0.717, 1.165) is 17.0 Å². The molecule has 0 bridgehead atoms. The smallest absolute Gasteiger partial charge is 0.0660 e. The molecule has 0 spiro atoms. The first-order valence-electron chi connectivity index (χ1n) is 6.13. The van der Waals surface area contributed by atoms with Crippen LogP contribution in [0.5, 0.6) is 0 Å². The number of thiophene rings is 1. The third-order valence-electron chi connectivity index (χ3n) is 3.29. The Morgan fingerprint density at radius 2 is 1.89 bits per heavy atom. The van der Waals surface area contributed by atoms with Crippen LogP contribution in [0.2, 0.25) is 5.02 Å². The highest BCUT2D eigenvalue weighted by Gasteiger charge is 2.15. The van der Waals surface area contributed by atoms with E-state index in [1.165, 1.54) is 20.9 Å². The molecule has 0 aliphatic carbocycles. The molecular weight excluding hydrogens is 262 g/mol. The van der Waals surface area contributed by atoms with E-state index in [4.69, 9.17) is 17.3 Å². The minimum absolute atomic E-state index is 0.123. The number of halogens is 1. The van der Waals surface area contributed by atoms with Crippen molar-refractivity contribution in [1.82, 2.24) is 0 Å². The van der Waals surface area contributed by atoms with Gasteiger partial charge in [-0.15, -0.1) is 11.3 Å². The van der Waals surface area contributed by atoms with Gasteiger partial charge in [0, 0.05) is 14.8 Å². The summed E-state index contributed by atoms with van der Waals surface area (Å²) in [5.74, 6) is 0. The molecule has 2 aromatic rings. The predicted molar refractivity (Wildman–Crippen MR) is 80.7 cm³/mol. The SMILES string of the molecule is CCc1ccc(C(N)c2cc(C)c(C)cc2Cl)s1. The van der Waals surface area contributed by atoms with Crippen molar-refractivity contribution < 1.29 is 0 Å². The molecule has 1 heterocycles. The standard InChI is InChI=1S/C15H18ClNS/c1-4-11-5-6-14(18-11)15(17)12-7-9(2)10(3)8-13(12)16/h5-8,15H,4,17H2,1-3H3. The lowest BCUT2D eigenvalue weighted by molar-refractivity contribution is 0.890. The summed E-state index contributed by atoms with van der Waals surface area (Å²) in [6.07, 6.45) is 1.05. The van der Waals surface area contributed by atoms with Gasteiger partial charge in [-0.1, -0.05) is 24.6 Å². The molecule has 0 radical (unpaired) electrons. The molecule has 0 amide bonds. The monoisotopic (exact) mass is 279 g/mol. The summed E-state index contributed by atoms with van der Waals surface area (Å²) in [6.45, 7) is 6.31.